The summed E-state index contributed by atoms with van der Waals surface area (Å²) in [6.45, 7) is 3.82. The summed E-state index contributed by atoms with van der Waals surface area (Å²) in [7, 11) is 1.24. The fraction of sp³-hybridized carbons (Fsp3) is 0.750. The molecule has 0 aromatic heterocycles. The first-order chi connectivity index (χ1) is 8.77. The molecule has 2 atom stereocenters. The number of carbonyl (C=O) groups is 3. The molecule has 7 heteroatoms. The van der Waals surface area contributed by atoms with Crippen LogP contribution in [-0.2, 0) is 19.1 Å². The summed E-state index contributed by atoms with van der Waals surface area (Å²) in [6.07, 6.45) is 0.266. The molecule has 19 heavy (non-hydrogen) atoms. The summed E-state index contributed by atoms with van der Waals surface area (Å²) in [6, 6.07) is -1.70. The lowest BCUT2D eigenvalue weighted by atomic mass is 10.0. The molecule has 0 heterocycles. The second-order valence-corrected chi connectivity index (χ2v) is 4.75. The van der Waals surface area contributed by atoms with E-state index < -0.39 is 29.9 Å². The van der Waals surface area contributed by atoms with Gasteiger partial charge in [0.25, 0.3) is 0 Å². The molecule has 7 nitrogen and oxygen atoms in total. The van der Waals surface area contributed by atoms with Crippen LogP contribution in [-0.4, -0.2) is 42.1 Å². The zero-order valence-corrected chi connectivity index (χ0v) is 11.5. The van der Waals surface area contributed by atoms with Crippen LogP contribution in [0.25, 0.3) is 0 Å². The topological polar surface area (TPSA) is 119 Å². The summed E-state index contributed by atoms with van der Waals surface area (Å²) >= 11 is 0. The highest BCUT2D eigenvalue weighted by Gasteiger charge is 2.25. The Hall–Kier alpha value is -1.63. The van der Waals surface area contributed by atoms with E-state index in [9.17, 15) is 14.4 Å². The number of methoxy groups -OCH3 is 1. The highest BCUT2D eigenvalue weighted by atomic mass is 16.5. The minimum atomic E-state index is -1.02. The van der Waals surface area contributed by atoms with E-state index in [-0.39, 0.29) is 18.8 Å². The zero-order valence-electron chi connectivity index (χ0n) is 11.5. The minimum Gasteiger partial charge on any atom is -0.481 e. The number of amides is 1. The van der Waals surface area contributed by atoms with Crippen molar-refractivity contribution in [3.8, 4) is 0 Å². The van der Waals surface area contributed by atoms with Gasteiger partial charge in [-0.15, -0.1) is 0 Å². The maximum absolute atomic E-state index is 11.7. The smallest absolute Gasteiger partial charge is 0.328 e. The van der Waals surface area contributed by atoms with Crippen molar-refractivity contribution in [3.05, 3.63) is 0 Å². The average molecular weight is 274 g/mol. The SMILES string of the molecule is COC(=O)[C@H](CC(C)C)NC(=O)C(N)CCC(=O)O. The van der Waals surface area contributed by atoms with Crippen molar-refractivity contribution in [2.24, 2.45) is 11.7 Å². The number of carbonyl (C=O) groups excluding carboxylic acids is 2. The predicted molar refractivity (Wildman–Crippen MR) is 68.2 cm³/mol. The summed E-state index contributed by atoms with van der Waals surface area (Å²) in [4.78, 5) is 33.6. The van der Waals surface area contributed by atoms with Gasteiger partial charge in [0.2, 0.25) is 5.91 Å². The van der Waals surface area contributed by atoms with Crippen molar-refractivity contribution in [2.45, 2.75) is 45.2 Å². The Morgan fingerprint density at radius 3 is 2.32 bits per heavy atom. The molecule has 0 aromatic carbocycles. The maximum atomic E-state index is 11.7. The minimum absolute atomic E-state index is 0.0245. The van der Waals surface area contributed by atoms with E-state index in [0.29, 0.717) is 6.42 Å². The van der Waals surface area contributed by atoms with Crippen molar-refractivity contribution in [1.82, 2.24) is 5.32 Å². The number of nitrogens with two attached hydrogens (primary N) is 1. The molecule has 0 aromatic rings. The van der Waals surface area contributed by atoms with Gasteiger partial charge in [-0.25, -0.2) is 4.79 Å². The van der Waals surface area contributed by atoms with Crippen LogP contribution in [0, 0.1) is 5.92 Å². The van der Waals surface area contributed by atoms with Crippen molar-refractivity contribution in [1.29, 1.82) is 0 Å². The van der Waals surface area contributed by atoms with E-state index in [2.05, 4.69) is 10.1 Å². The maximum Gasteiger partial charge on any atom is 0.328 e. The third-order valence-electron chi connectivity index (χ3n) is 2.52. The fourth-order valence-electron chi connectivity index (χ4n) is 1.52. The van der Waals surface area contributed by atoms with Gasteiger partial charge < -0.3 is 20.9 Å². The molecule has 110 valence electrons. The average Bonchev–Trinajstić information content (AvgIpc) is 2.33. The molecule has 0 saturated heterocycles. The second kappa shape index (κ2) is 8.47. The number of ether oxygens (including phenoxy) is 1. The molecule has 4 N–H and O–H groups in total. The van der Waals surface area contributed by atoms with Gasteiger partial charge in [0, 0.05) is 6.42 Å². The number of esters is 1. The Bertz CT molecular complexity index is 330. The van der Waals surface area contributed by atoms with Crippen LogP contribution in [0.2, 0.25) is 0 Å². The molecule has 0 aliphatic carbocycles. The third kappa shape index (κ3) is 7.40. The van der Waals surface area contributed by atoms with Crippen LogP contribution in [0.15, 0.2) is 0 Å². The van der Waals surface area contributed by atoms with Crippen molar-refractivity contribution < 1.29 is 24.2 Å². The van der Waals surface area contributed by atoms with E-state index in [1.54, 1.807) is 0 Å². The number of nitrogens with one attached hydrogen (secondary N) is 1. The van der Waals surface area contributed by atoms with Gasteiger partial charge in [-0.3, -0.25) is 9.59 Å². The molecule has 0 saturated carbocycles. The van der Waals surface area contributed by atoms with E-state index >= 15 is 0 Å². The van der Waals surface area contributed by atoms with Gasteiger partial charge in [0.05, 0.1) is 13.2 Å². The molecular formula is C12H22N2O5. The Balaban J connectivity index is 4.44. The molecule has 0 radical (unpaired) electrons. The molecule has 0 aliphatic rings. The van der Waals surface area contributed by atoms with E-state index in [0.717, 1.165) is 0 Å². The van der Waals surface area contributed by atoms with Crippen molar-refractivity contribution in [2.75, 3.05) is 7.11 Å². The number of hydrogen-bond acceptors (Lipinski definition) is 5. The first-order valence-electron chi connectivity index (χ1n) is 6.13. The standard InChI is InChI=1S/C12H22N2O5/c1-7(2)6-9(12(18)19-3)14-11(17)8(13)4-5-10(15)16/h7-9H,4-6,13H2,1-3H3,(H,14,17)(H,15,16)/t8?,9-/m0/s1. The van der Waals surface area contributed by atoms with Crippen LogP contribution < -0.4 is 11.1 Å². The number of carboxylic acid groups (broad SMARTS) is 1. The molecule has 0 rings (SSSR count). The van der Waals surface area contributed by atoms with E-state index in [1.807, 2.05) is 13.8 Å². The van der Waals surface area contributed by atoms with Gasteiger partial charge >= 0.3 is 11.9 Å². The molecule has 1 unspecified atom stereocenters. The molecule has 0 aliphatic heterocycles. The first-order valence-corrected chi connectivity index (χ1v) is 6.13. The summed E-state index contributed by atoms with van der Waals surface area (Å²) < 4.78 is 4.60. The van der Waals surface area contributed by atoms with Crippen molar-refractivity contribution >= 4 is 17.8 Å². The van der Waals surface area contributed by atoms with E-state index in [1.165, 1.54) is 7.11 Å². The van der Waals surface area contributed by atoms with Gasteiger partial charge in [-0.05, 0) is 18.8 Å². The lowest BCUT2D eigenvalue weighted by Gasteiger charge is -2.20. The number of rotatable bonds is 8. The Morgan fingerprint density at radius 1 is 1.32 bits per heavy atom. The largest absolute Gasteiger partial charge is 0.481 e. The lowest BCUT2D eigenvalue weighted by Crippen LogP contribution is -2.49. The Kier molecular flexibility index (Phi) is 7.74. The predicted octanol–water partition coefficient (Wildman–Crippen LogP) is -0.118. The Labute approximate surface area is 112 Å². The van der Waals surface area contributed by atoms with Crippen LogP contribution in [0.4, 0.5) is 0 Å². The van der Waals surface area contributed by atoms with Crippen LogP contribution in [0.1, 0.15) is 33.1 Å². The second-order valence-electron chi connectivity index (χ2n) is 4.75. The number of hydrogen-bond donors (Lipinski definition) is 3. The monoisotopic (exact) mass is 274 g/mol. The summed E-state index contributed by atoms with van der Waals surface area (Å²) in [5, 5.41) is 11.0. The van der Waals surface area contributed by atoms with Gasteiger partial charge in [-0.1, -0.05) is 13.8 Å². The molecule has 1 amide bonds. The highest BCUT2D eigenvalue weighted by Crippen LogP contribution is 2.07. The van der Waals surface area contributed by atoms with Gasteiger partial charge in [0.1, 0.15) is 6.04 Å². The molecule has 0 bridgehead atoms. The van der Waals surface area contributed by atoms with Crippen LogP contribution in [0.3, 0.4) is 0 Å². The summed E-state index contributed by atoms with van der Waals surface area (Å²) in [5.74, 6) is -1.90. The number of carboxylic acids is 1. The van der Waals surface area contributed by atoms with Crippen LogP contribution >= 0.6 is 0 Å². The van der Waals surface area contributed by atoms with Crippen molar-refractivity contribution in [3.63, 3.8) is 0 Å². The fourth-order valence-corrected chi connectivity index (χ4v) is 1.52. The third-order valence-corrected chi connectivity index (χ3v) is 2.52. The van der Waals surface area contributed by atoms with Gasteiger partial charge in [0.15, 0.2) is 0 Å². The van der Waals surface area contributed by atoms with E-state index in [4.69, 9.17) is 10.8 Å². The highest BCUT2D eigenvalue weighted by molar-refractivity contribution is 5.87. The zero-order chi connectivity index (χ0) is 15.0. The molecule has 0 spiro atoms. The quantitative estimate of drug-likeness (QED) is 0.531. The van der Waals surface area contributed by atoms with Gasteiger partial charge in [-0.2, -0.15) is 0 Å². The molecule has 0 fully saturated rings. The molecular weight excluding hydrogens is 252 g/mol. The summed E-state index contributed by atoms with van der Waals surface area (Å²) in [5.41, 5.74) is 5.56. The van der Waals surface area contributed by atoms with Crippen LogP contribution in [0.5, 0.6) is 0 Å². The Morgan fingerprint density at radius 2 is 1.89 bits per heavy atom. The normalized spacial score (nSPS) is 13.7. The number of aliphatic carboxylic acids is 1. The lowest BCUT2D eigenvalue weighted by molar-refractivity contribution is -0.146. The first kappa shape index (κ1) is 17.4.